The highest BCUT2D eigenvalue weighted by Gasteiger charge is 2.37. The molecule has 25 heavy (non-hydrogen) atoms. The first-order valence-corrected chi connectivity index (χ1v) is 8.98. The van der Waals surface area contributed by atoms with Gasteiger partial charge in [-0.1, -0.05) is 30.3 Å². The van der Waals surface area contributed by atoms with E-state index in [9.17, 15) is 9.59 Å². The number of aromatic amines is 1. The molecule has 0 aliphatic carbocycles. The Bertz CT molecular complexity index is 938. The molecule has 7 heteroatoms. The van der Waals surface area contributed by atoms with Crippen molar-refractivity contribution in [2.45, 2.75) is 12.5 Å². The van der Waals surface area contributed by atoms with Crippen LogP contribution in [-0.4, -0.2) is 33.4 Å². The van der Waals surface area contributed by atoms with E-state index >= 15 is 0 Å². The van der Waals surface area contributed by atoms with E-state index in [2.05, 4.69) is 37.9 Å². The van der Waals surface area contributed by atoms with Gasteiger partial charge in [0.1, 0.15) is 11.9 Å². The van der Waals surface area contributed by atoms with Crippen LogP contribution >= 0.6 is 22.6 Å². The van der Waals surface area contributed by atoms with Crippen LogP contribution in [-0.2, 0) is 11.2 Å². The molecule has 3 amide bonds. The van der Waals surface area contributed by atoms with Gasteiger partial charge in [-0.2, -0.15) is 0 Å². The number of imidazole rings is 1. The van der Waals surface area contributed by atoms with Gasteiger partial charge in [0.05, 0.1) is 17.6 Å². The summed E-state index contributed by atoms with van der Waals surface area (Å²) < 4.78 is 1.09. The van der Waals surface area contributed by atoms with Crippen LogP contribution in [0.3, 0.4) is 0 Å². The fraction of sp³-hybridized carbons (Fsp3) is 0.167. The lowest BCUT2D eigenvalue weighted by atomic mass is 10.0. The van der Waals surface area contributed by atoms with Gasteiger partial charge in [0, 0.05) is 9.99 Å². The Kier molecular flexibility index (Phi) is 4.16. The maximum atomic E-state index is 12.3. The number of aromatic nitrogens is 2. The van der Waals surface area contributed by atoms with Crippen molar-refractivity contribution < 1.29 is 9.59 Å². The lowest BCUT2D eigenvalue weighted by Crippen LogP contribution is -2.36. The summed E-state index contributed by atoms with van der Waals surface area (Å²) in [5.41, 5.74) is 2.75. The van der Waals surface area contributed by atoms with Crippen LogP contribution in [0.5, 0.6) is 0 Å². The monoisotopic (exact) mass is 446 g/mol. The minimum Gasteiger partial charge on any atom is -0.340 e. The molecule has 0 saturated carbocycles. The molecule has 4 rings (SSSR count). The zero-order valence-corrected chi connectivity index (χ0v) is 15.4. The standard InChI is InChI=1S/C18H15IN4O2/c19-12-6-7-13-14(9-12)22-17(21-13)15(8-11-4-2-1-3-5-11)23-16(24)10-20-18(23)25/h1-7,9,15H,8,10H2,(H,20,25)(H,21,22). The van der Waals surface area contributed by atoms with Gasteiger partial charge < -0.3 is 10.3 Å². The number of imide groups is 1. The number of hydrogen-bond acceptors (Lipinski definition) is 3. The molecule has 1 saturated heterocycles. The van der Waals surface area contributed by atoms with Crippen LogP contribution in [0.2, 0.25) is 0 Å². The molecule has 6 nitrogen and oxygen atoms in total. The van der Waals surface area contributed by atoms with Gasteiger partial charge in [0.25, 0.3) is 5.91 Å². The molecule has 0 bridgehead atoms. The minimum atomic E-state index is -0.470. The number of urea groups is 1. The molecule has 1 aliphatic heterocycles. The second-order valence-electron chi connectivity index (χ2n) is 5.91. The Balaban J connectivity index is 1.78. The number of hydrogen-bond donors (Lipinski definition) is 2. The first-order valence-electron chi connectivity index (χ1n) is 7.91. The lowest BCUT2D eigenvalue weighted by Gasteiger charge is -2.23. The Labute approximate surface area is 157 Å². The number of amides is 3. The maximum Gasteiger partial charge on any atom is 0.325 e. The molecule has 3 aromatic rings. The molecule has 1 fully saturated rings. The van der Waals surface area contributed by atoms with E-state index in [0.29, 0.717) is 12.2 Å². The van der Waals surface area contributed by atoms with E-state index in [1.54, 1.807) is 0 Å². The van der Waals surface area contributed by atoms with Crippen LogP contribution in [0.4, 0.5) is 4.79 Å². The highest BCUT2D eigenvalue weighted by molar-refractivity contribution is 14.1. The van der Waals surface area contributed by atoms with Gasteiger partial charge in [-0.15, -0.1) is 0 Å². The van der Waals surface area contributed by atoms with Crippen LogP contribution in [0.25, 0.3) is 11.0 Å². The molecule has 2 N–H and O–H groups in total. The van der Waals surface area contributed by atoms with Crippen molar-refractivity contribution in [3.05, 3.63) is 63.5 Å². The Morgan fingerprint density at radius 1 is 1.16 bits per heavy atom. The summed E-state index contributed by atoms with van der Waals surface area (Å²) in [4.78, 5) is 33.7. The highest BCUT2D eigenvalue weighted by atomic mass is 127. The molecule has 1 unspecified atom stereocenters. The summed E-state index contributed by atoms with van der Waals surface area (Å²) in [7, 11) is 0. The Hall–Kier alpha value is -2.42. The molecule has 1 aromatic heterocycles. The number of H-pyrrole nitrogens is 1. The van der Waals surface area contributed by atoms with Gasteiger partial charge in [0.2, 0.25) is 0 Å². The highest BCUT2D eigenvalue weighted by Crippen LogP contribution is 2.27. The fourth-order valence-electron chi connectivity index (χ4n) is 3.06. The van der Waals surface area contributed by atoms with E-state index in [1.165, 1.54) is 4.90 Å². The van der Waals surface area contributed by atoms with Crippen molar-refractivity contribution in [3.63, 3.8) is 0 Å². The van der Waals surface area contributed by atoms with Crippen LogP contribution in [0.1, 0.15) is 17.4 Å². The Morgan fingerprint density at radius 2 is 1.96 bits per heavy atom. The minimum absolute atomic E-state index is 0.0300. The van der Waals surface area contributed by atoms with Crippen molar-refractivity contribution in [2.24, 2.45) is 0 Å². The zero-order valence-electron chi connectivity index (χ0n) is 13.2. The van der Waals surface area contributed by atoms with Gasteiger partial charge in [-0.05, 0) is 46.4 Å². The first-order chi connectivity index (χ1) is 12.1. The van der Waals surface area contributed by atoms with E-state index in [4.69, 9.17) is 0 Å². The van der Waals surface area contributed by atoms with Gasteiger partial charge >= 0.3 is 6.03 Å². The average molecular weight is 446 g/mol. The number of benzene rings is 2. The summed E-state index contributed by atoms with van der Waals surface area (Å²) in [6.45, 7) is 0.0300. The van der Waals surface area contributed by atoms with Gasteiger partial charge in [0.15, 0.2) is 0 Å². The first kappa shape index (κ1) is 16.1. The van der Waals surface area contributed by atoms with Crippen molar-refractivity contribution in [2.75, 3.05) is 6.54 Å². The lowest BCUT2D eigenvalue weighted by molar-refractivity contribution is -0.126. The predicted molar refractivity (Wildman–Crippen MR) is 102 cm³/mol. The molecule has 0 radical (unpaired) electrons. The van der Waals surface area contributed by atoms with E-state index < -0.39 is 6.04 Å². The summed E-state index contributed by atoms with van der Waals surface area (Å²) in [5.74, 6) is 0.382. The molecule has 1 aliphatic rings. The van der Waals surface area contributed by atoms with E-state index in [1.807, 2.05) is 48.5 Å². The molecule has 1 atom stereocenters. The molecule has 2 heterocycles. The normalized spacial score (nSPS) is 15.6. The van der Waals surface area contributed by atoms with Gasteiger partial charge in [-0.25, -0.2) is 9.78 Å². The van der Waals surface area contributed by atoms with E-state index in [-0.39, 0.29) is 18.5 Å². The number of fused-ring (bicyclic) bond motifs is 1. The van der Waals surface area contributed by atoms with Crippen LogP contribution in [0, 0.1) is 3.57 Å². The largest absolute Gasteiger partial charge is 0.340 e. The smallest absolute Gasteiger partial charge is 0.325 e. The predicted octanol–water partition coefficient (Wildman–Crippen LogP) is 3.00. The molecule has 126 valence electrons. The van der Waals surface area contributed by atoms with Gasteiger partial charge in [-0.3, -0.25) is 9.69 Å². The topological polar surface area (TPSA) is 78.1 Å². The molecular formula is C18H15IN4O2. The zero-order chi connectivity index (χ0) is 17.4. The SMILES string of the molecule is O=C1CNC(=O)N1C(Cc1ccccc1)c1nc2ccc(I)cc2[nH]1. The Morgan fingerprint density at radius 3 is 2.68 bits per heavy atom. The summed E-state index contributed by atoms with van der Waals surface area (Å²) in [6, 6.07) is 14.9. The summed E-state index contributed by atoms with van der Waals surface area (Å²) >= 11 is 2.24. The molecular weight excluding hydrogens is 431 g/mol. The third kappa shape index (κ3) is 3.11. The van der Waals surface area contributed by atoms with Crippen molar-refractivity contribution in [3.8, 4) is 0 Å². The number of halogens is 1. The second kappa shape index (κ2) is 6.47. The molecule has 0 spiro atoms. The van der Waals surface area contributed by atoms with Crippen LogP contribution in [0.15, 0.2) is 48.5 Å². The number of carbonyl (C=O) groups excluding carboxylic acids is 2. The number of nitrogens with one attached hydrogen (secondary N) is 2. The third-order valence-corrected chi connectivity index (χ3v) is 4.91. The third-order valence-electron chi connectivity index (χ3n) is 4.24. The fourth-order valence-corrected chi connectivity index (χ4v) is 3.55. The molecule has 2 aromatic carbocycles. The summed E-state index contributed by atoms with van der Waals surface area (Å²) in [6.07, 6.45) is 0.511. The second-order valence-corrected chi connectivity index (χ2v) is 7.16. The van der Waals surface area contributed by atoms with Crippen molar-refractivity contribution in [1.29, 1.82) is 0 Å². The summed E-state index contributed by atoms with van der Waals surface area (Å²) in [5, 5.41) is 2.59. The number of carbonyl (C=O) groups is 2. The quantitative estimate of drug-likeness (QED) is 0.478. The van der Waals surface area contributed by atoms with E-state index in [0.717, 1.165) is 20.2 Å². The number of rotatable bonds is 4. The van der Waals surface area contributed by atoms with Crippen molar-refractivity contribution >= 4 is 45.6 Å². The van der Waals surface area contributed by atoms with Crippen molar-refractivity contribution in [1.82, 2.24) is 20.2 Å². The number of nitrogens with zero attached hydrogens (tertiary/aromatic N) is 2. The maximum absolute atomic E-state index is 12.3. The average Bonchev–Trinajstić information content (AvgIpc) is 3.17. The van der Waals surface area contributed by atoms with Crippen LogP contribution < -0.4 is 5.32 Å².